The number of likely N-dealkylation sites (tertiary alicyclic amines) is 1. The smallest absolute Gasteiger partial charge is 0.222 e. The standard InChI is InChI=1S/C20H32N4O2/c1-4-17(24-14-8-11-19(24)25)12-13-22-20(21-5-2)23-15-16-9-6-7-10-18(16)26-3/h6-7,9-10,17H,4-5,8,11-15H2,1-3H3,(H2,21,22,23). The molecule has 1 saturated heterocycles. The highest BCUT2D eigenvalue weighted by atomic mass is 16.5. The van der Waals surface area contributed by atoms with Crippen LogP contribution in [-0.2, 0) is 11.3 Å². The maximum Gasteiger partial charge on any atom is 0.222 e. The van der Waals surface area contributed by atoms with Crippen LogP contribution >= 0.6 is 0 Å². The summed E-state index contributed by atoms with van der Waals surface area (Å²) in [6.07, 6.45) is 3.61. The Balaban J connectivity index is 1.89. The predicted octanol–water partition coefficient (Wildman–Crippen LogP) is 2.54. The molecule has 0 aromatic heterocycles. The quantitative estimate of drug-likeness (QED) is 0.525. The maximum absolute atomic E-state index is 12.0. The average Bonchev–Trinajstić information content (AvgIpc) is 3.09. The summed E-state index contributed by atoms with van der Waals surface area (Å²) in [5.74, 6) is 1.94. The molecule has 1 aromatic rings. The topological polar surface area (TPSA) is 66.0 Å². The van der Waals surface area contributed by atoms with E-state index in [1.165, 1.54) is 0 Å². The van der Waals surface area contributed by atoms with Gasteiger partial charge in [-0.05, 0) is 32.3 Å². The number of nitrogens with one attached hydrogen (secondary N) is 2. The Hall–Kier alpha value is -2.24. The van der Waals surface area contributed by atoms with Crippen molar-refractivity contribution in [1.29, 1.82) is 0 Å². The lowest BCUT2D eigenvalue weighted by Crippen LogP contribution is -2.42. The lowest BCUT2D eigenvalue weighted by Gasteiger charge is -2.27. The van der Waals surface area contributed by atoms with Crippen LogP contribution in [0, 0.1) is 0 Å². The van der Waals surface area contributed by atoms with Crippen LogP contribution in [0.5, 0.6) is 5.75 Å². The second-order valence-corrected chi connectivity index (χ2v) is 6.48. The average molecular weight is 361 g/mol. The Labute approximate surface area is 157 Å². The van der Waals surface area contributed by atoms with Crippen molar-refractivity contribution in [2.75, 3.05) is 26.7 Å². The van der Waals surface area contributed by atoms with Crippen LogP contribution in [0.25, 0.3) is 0 Å². The number of rotatable bonds is 9. The Morgan fingerprint density at radius 2 is 2.12 bits per heavy atom. The van der Waals surface area contributed by atoms with E-state index in [2.05, 4.69) is 29.5 Å². The lowest BCUT2D eigenvalue weighted by atomic mass is 10.1. The van der Waals surface area contributed by atoms with E-state index in [4.69, 9.17) is 4.74 Å². The first kappa shape index (κ1) is 20.1. The van der Waals surface area contributed by atoms with Crippen LogP contribution in [-0.4, -0.2) is 49.6 Å². The molecule has 0 radical (unpaired) electrons. The van der Waals surface area contributed by atoms with Gasteiger partial charge in [-0.25, -0.2) is 4.99 Å². The first-order valence-corrected chi connectivity index (χ1v) is 9.63. The fourth-order valence-corrected chi connectivity index (χ4v) is 3.33. The molecule has 1 fully saturated rings. The Kier molecular flexibility index (Phi) is 8.25. The van der Waals surface area contributed by atoms with Crippen LogP contribution in [0.1, 0.15) is 45.1 Å². The highest BCUT2D eigenvalue weighted by molar-refractivity contribution is 5.80. The summed E-state index contributed by atoms with van der Waals surface area (Å²) in [7, 11) is 1.68. The monoisotopic (exact) mass is 360 g/mol. The molecule has 0 aliphatic carbocycles. The van der Waals surface area contributed by atoms with E-state index < -0.39 is 0 Å². The summed E-state index contributed by atoms with van der Waals surface area (Å²) in [5, 5.41) is 6.67. The first-order chi connectivity index (χ1) is 12.7. The summed E-state index contributed by atoms with van der Waals surface area (Å²) < 4.78 is 5.38. The molecule has 1 heterocycles. The molecule has 0 bridgehead atoms. The molecule has 2 N–H and O–H groups in total. The van der Waals surface area contributed by atoms with E-state index in [9.17, 15) is 4.79 Å². The van der Waals surface area contributed by atoms with E-state index >= 15 is 0 Å². The molecule has 1 amide bonds. The number of carbonyl (C=O) groups excluding carboxylic acids is 1. The molecule has 1 aliphatic heterocycles. The van der Waals surface area contributed by atoms with Gasteiger partial charge >= 0.3 is 0 Å². The highest BCUT2D eigenvalue weighted by Crippen LogP contribution is 2.18. The molecule has 1 unspecified atom stereocenters. The van der Waals surface area contributed by atoms with Crippen LogP contribution < -0.4 is 15.4 Å². The summed E-state index contributed by atoms with van der Waals surface area (Å²) in [6.45, 7) is 7.26. The minimum absolute atomic E-state index is 0.300. The summed E-state index contributed by atoms with van der Waals surface area (Å²) in [4.78, 5) is 18.7. The number of hydrogen-bond donors (Lipinski definition) is 2. The van der Waals surface area contributed by atoms with Gasteiger partial charge in [0.25, 0.3) is 0 Å². The second kappa shape index (κ2) is 10.7. The van der Waals surface area contributed by atoms with E-state index in [1.54, 1.807) is 7.11 Å². The number of methoxy groups -OCH3 is 1. The van der Waals surface area contributed by atoms with Crippen molar-refractivity contribution in [1.82, 2.24) is 15.5 Å². The normalized spacial score (nSPS) is 15.9. The fraction of sp³-hybridized carbons (Fsp3) is 0.600. The van der Waals surface area contributed by atoms with Gasteiger partial charge in [-0.1, -0.05) is 25.1 Å². The molecule has 1 aromatic carbocycles. The molecular formula is C20H32N4O2. The van der Waals surface area contributed by atoms with E-state index in [0.717, 1.165) is 56.2 Å². The van der Waals surface area contributed by atoms with Gasteiger partial charge in [0.05, 0.1) is 13.7 Å². The van der Waals surface area contributed by atoms with E-state index in [0.29, 0.717) is 24.9 Å². The van der Waals surface area contributed by atoms with Crippen molar-refractivity contribution in [3.05, 3.63) is 29.8 Å². The van der Waals surface area contributed by atoms with Crippen LogP contribution in [0.15, 0.2) is 29.3 Å². The molecule has 1 atom stereocenters. The van der Waals surface area contributed by atoms with Gasteiger partial charge in [0.2, 0.25) is 5.91 Å². The molecule has 6 nitrogen and oxygen atoms in total. The van der Waals surface area contributed by atoms with E-state index in [-0.39, 0.29) is 0 Å². The second-order valence-electron chi connectivity index (χ2n) is 6.48. The van der Waals surface area contributed by atoms with Gasteiger partial charge in [0.15, 0.2) is 5.96 Å². The molecule has 0 spiro atoms. The first-order valence-electron chi connectivity index (χ1n) is 9.63. The van der Waals surface area contributed by atoms with Crippen molar-refractivity contribution in [2.45, 2.75) is 52.1 Å². The van der Waals surface area contributed by atoms with Crippen molar-refractivity contribution in [2.24, 2.45) is 4.99 Å². The van der Waals surface area contributed by atoms with Gasteiger partial charge in [0, 0.05) is 37.7 Å². The van der Waals surface area contributed by atoms with Gasteiger partial charge in [-0.3, -0.25) is 4.79 Å². The summed E-state index contributed by atoms with van der Waals surface area (Å²) >= 11 is 0. The third kappa shape index (κ3) is 5.64. The fourth-order valence-electron chi connectivity index (χ4n) is 3.33. The SMILES string of the molecule is CCNC(=NCc1ccccc1OC)NCCC(CC)N1CCCC1=O. The number of amides is 1. The number of hydrogen-bond acceptors (Lipinski definition) is 3. The third-order valence-corrected chi connectivity index (χ3v) is 4.74. The molecular weight excluding hydrogens is 328 g/mol. The minimum atomic E-state index is 0.300. The van der Waals surface area contributed by atoms with Crippen molar-refractivity contribution in [3.63, 3.8) is 0 Å². The van der Waals surface area contributed by atoms with Crippen molar-refractivity contribution < 1.29 is 9.53 Å². The van der Waals surface area contributed by atoms with Gasteiger partial charge in [-0.2, -0.15) is 0 Å². The van der Waals surface area contributed by atoms with Crippen molar-refractivity contribution >= 4 is 11.9 Å². The number of para-hydroxylation sites is 1. The number of aliphatic imine (C=N–C) groups is 1. The van der Waals surface area contributed by atoms with Crippen LogP contribution in [0.4, 0.5) is 0 Å². The number of carbonyl (C=O) groups is 1. The Morgan fingerprint density at radius 1 is 1.31 bits per heavy atom. The minimum Gasteiger partial charge on any atom is -0.496 e. The summed E-state index contributed by atoms with van der Waals surface area (Å²) in [5.41, 5.74) is 1.06. The van der Waals surface area contributed by atoms with Gasteiger partial charge in [-0.15, -0.1) is 0 Å². The van der Waals surface area contributed by atoms with Gasteiger partial charge in [0.1, 0.15) is 5.75 Å². The Bertz CT molecular complexity index is 603. The van der Waals surface area contributed by atoms with E-state index in [1.807, 2.05) is 29.2 Å². The molecule has 26 heavy (non-hydrogen) atoms. The number of guanidine groups is 1. The third-order valence-electron chi connectivity index (χ3n) is 4.74. The maximum atomic E-state index is 12.0. The molecule has 0 saturated carbocycles. The largest absolute Gasteiger partial charge is 0.496 e. The zero-order valence-corrected chi connectivity index (χ0v) is 16.3. The molecule has 2 rings (SSSR count). The Morgan fingerprint density at radius 3 is 2.77 bits per heavy atom. The number of benzene rings is 1. The van der Waals surface area contributed by atoms with Crippen LogP contribution in [0.2, 0.25) is 0 Å². The van der Waals surface area contributed by atoms with Crippen molar-refractivity contribution in [3.8, 4) is 5.75 Å². The van der Waals surface area contributed by atoms with Crippen LogP contribution in [0.3, 0.4) is 0 Å². The highest BCUT2D eigenvalue weighted by Gasteiger charge is 2.26. The molecule has 1 aliphatic rings. The zero-order chi connectivity index (χ0) is 18.8. The number of ether oxygens (including phenoxy) is 1. The predicted molar refractivity (Wildman–Crippen MR) is 105 cm³/mol. The zero-order valence-electron chi connectivity index (χ0n) is 16.3. The molecule has 144 valence electrons. The number of nitrogens with zero attached hydrogens (tertiary/aromatic N) is 2. The molecule has 6 heteroatoms. The van der Waals surface area contributed by atoms with Gasteiger partial charge < -0.3 is 20.3 Å². The lowest BCUT2D eigenvalue weighted by molar-refractivity contribution is -0.129. The summed E-state index contributed by atoms with van der Waals surface area (Å²) in [6, 6.07) is 8.24.